The van der Waals surface area contributed by atoms with Crippen molar-refractivity contribution < 1.29 is 19.1 Å². The highest BCUT2D eigenvalue weighted by Crippen LogP contribution is 2.33. The number of carbonyl (C=O) groups excluding carboxylic acids is 2. The zero-order valence-electron chi connectivity index (χ0n) is 14.6. The molecule has 7 nitrogen and oxygen atoms in total. The minimum Gasteiger partial charge on any atom is -0.454 e. The molecule has 0 bridgehead atoms. The van der Waals surface area contributed by atoms with Crippen molar-refractivity contribution in [2.24, 2.45) is 7.05 Å². The summed E-state index contributed by atoms with van der Waals surface area (Å²) in [6.45, 7) is 1.20. The topological polar surface area (TPSA) is 72.8 Å². The average molecular weight is 355 g/mol. The summed E-state index contributed by atoms with van der Waals surface area (Å²) in [5, 5.41) is 2.95. The predicted octanol–water partition coefficient (Wildman–Crippen LogP) is 1.67. The monoisotopic (exact) mass is 355 g/mol. The molecule has 136 valence electrons. The first-order chi connectivity index (χ1) is 12.6. The molecule has 1 unspecified atom stereocenters. The molecule has 26 heavy (non-hydrogen) atoms. The Labute approximate surface area is 151 Å². The van der Waals surface area contributed by atoms with E-state index in [-0.39, 0.29) is 18.6 Å². The number of benzene rings is 1. The van der Waals surface area contributed by atoms with Crippen LogP contribution in [0.2, 0.25) is 0 Å². The van der Waals surface area contributed by atoms with Crippen molar-refractivity contribution in [3.8, 4) is 11.5 Å². The van der Waals surface area contributed by atoms with Gasteiger partial charge in [0.05, 0.1) is 6.54 Å². The first-order valence-corrected chi connectivity index (χ1v) is 8.72. The molecule has 2 aliphatic rings. The SMILES string of the molecule is Cn1cccc1CNC(=O)C1CCCN1C(=O)c1ccc2c(c1)OCO2. The molecule has 1 fully saturated rings. The van der Waals surface area contributed by atoms with Crippen molar-refractivity contribution in [2.75, 3.05) is 13.3 Å². The molecular formula is C19H21N3O4. The van der Waals surface area contributed by atoms with E-state index in [9.17, 15) is 9.59 Å². The van der Waals surface area contributed by atoms with Gasteiger partial charge in [-0.3, -0.25) is 9.59 Å². The van der Waals surface area contributed by atoms with Gasteiger partial charge in [-0.05, 0) is 43.2 Å². The van der Waals surface area contributed by atoms with Gasteiger partial charge in [0, 0.05) is 31.0 Å². The second-order valence-corrected chi connectivity index (χ2v) is 6.55. The van der Waals surface area contributed by atoms with Gasteiger partial charge >= 0.3 is 0 Å². The Balaban J connectivity index is 1.44. The molecule has 4 rings (SSSR count). The minimum absolute atomic E-state index is 0.113. The molecule has 3 heterocycles. The summed E-state index contributed by atoms with van der Waals surface area (Å²) in [6, 6.07) is 8.59. The Bertz CT molecular complexity index is 845. The second kappa shape index (κ2) is 6.74. The number of aromatic nitrogens is 1. The highest BCUT2D eigenvalue weighted by molar-refractivity contribution is 5.98. The van der Waals surface area contributed by atoms with Crippen LogP contribution in [0.4, 0.5) is 0 Å². The van der Waals surface area contributed by atoms with E-state index in [1.807, 2.05) is 29.9 Å². The fourth-order valence-corrected chi connectivity index (χ4v) is 3.45. The van der Waals surface area contributed by atoms with E-state index < -0.39 is 6.04 Å². The summed E-state index contributed by atoms with van der Waals surface area (Å²) in [4.78, 5) is 27.2. The third-order valence-electron chi connectivity index (χ3n) is 4.93. The zero-order chi connectivity index (χ0) is 18.1. The van der Waals surface area contributed by atoms with Gasteiger partial charge in [-0.2, -0.15) is 0 Å². The van der Waals surface area contributed by atoms with Crippen LogP contribution in [0.3, 0.4) is 0 Å². The maximum atomic E-state index is 12.9. The summed E-state index contributed by atoms with van der Waals surface area (Å²) in [5.74, 6) is 0.942. The van der Waals surface area contributed by atoms with Gasteiger partial charge < -0.3 is 24.3 Å². The first-order valence-electron chi connectivity index (χ1n) is 8.72. The third-order valence-corrected chi connectivity index (χ3v) is 4.93. The molecule has 2 aromatic rings. The van der Waals surface area contributed by atoms with Crippen LogP contribution in [0.1, 0.15) is 28.9 Å². The average Bonchev–Trinajstić information content (AvgIpc) is 3.38. The quantitative estimate of drug-likeness (QED) is 0.906. The Morgan fingerprint density at radius 1 is 1.23 bits per heavy atom. The number of hydrogen-bond acceptors (Lipinski definition) is 4. The summed E-state index contributed by atoms with van der Waals surface area (Å²) < 4.78 is 12.6. The Hall–Kier alpha value is -2.96. The van der Waals surface area contributed by atoms with Gasteiger partial charge in [-0.25, -0.2) is 0 Å². The molecule has 1 aromatic carbocycles. The summed E-state index contributed by atoms with van der Waals surface area (Å²) in [7, 11) is 1.94. The lowest BCUT2D eigenvalue weighted by Crippen LogP contribution is -2.45. The lowest BCUT2D eigenvalue weighted by Gasteiger charge is -2.24. The van der Waals surface area contributed by atoms with Crippen molar-refractivity contribution in [1.29, 1.82) is 0 Å². The van der Waals surface area contributed by atoms with E-state index in [2.05, 4.69) is 5.32 Å². The number of ether oxygens (including phenoxy) is 2. The molecule has 1 saturated heterocycles. The van der Waals surface area contributed by atoms with Crippen LogP contribution in [0, 0.1) is 0 Å². The maximum absolute atomic E-state index is 12.9. The highest BCUT2D eigenvalue weighted by atomic mass is 16.7. The molecular weight excluding hydrogens is 334 g/mol. The molecule has 1 atom stereocenters. The standard InChI is InChI=1S/C19H21N3O4/c1-21-8-2-4-14(21)11-20-18(23)15-5-3-9-22(15)19(24)13-6-7-16-17(10-13)26-12-25-16/h2,4,6-8,10,15H,3,5,9,11-12H2,1H3,(H,20,23). The van der Waals surface area contributed by atoms with Gasteiger partial charge in [-0.1, -0.05) is 0 Å². The van der Waals surface area contributed by atoms with Gasteiger partial charge in [-0.15, -0.1) is 0 Å². The van der Waals surface area contributed by atoms with Crippen molar-refractivity contribution in [3.63, 3.8) is 0 Å². The normalized spacial score (nSPS) is 18.2. The molecule has 0 spiro atoms. The molecule has 0 radical (unpaired) electrons. The van der Waals surface area contributed by atoms with E-state index >= 15 is 0 Å². The largest absolute Gasteiger partial charge is 0.454 e. The predicted molar refractivity (Wildman–Crippen MR) is 93.9 cm³/mol. The number of nitrogens with one attached hydrogen (secondary N) is 1. The fraction of sp³-hybridized carbons (Fsp3) is 0.368. The maximum Gasteiger partial charge on any atom is 0.254 e. The molecule has 1 N–H and O–H groups in total. The van der Waals surface area contributed by atoms with Crippen LogP contribution < -0.4 is 14.8 Å². The smallest absolute Gasteiger partial charge is 0.254 e. The molecule has 0 aliphatic carbocycles. The Kier molecular flexibility index (Phi) is 4.28. The molecule has 7 heteroatoms. The van der Waals surface area contributed by atoms with Crippen LogP contribution >= 0.6 is 0 Å². The van der Waals surface area contributed by atoms with E-state index in [4.69, 9.17) is 9.47 Å². The van der Waals surface area contributed by atoms with Crippen LogP contribution in [0.25, 0.3) is 0 Å². The van der Waals surface area contributed by atoms with Gasteiger partial charge in [0.25, 0.3) is 5.91 Å². The lowest BCUT2D eigenvalue weighted by atomic mass is 10.1. The third kappa shape index (κ3) is 3.00. The minimum atomic E-state index is -0.437. The van der Waals surface area contributed by atoms with Crippen LogP contribution in [-0.2, 0) is 18.4 Å². The van der Waals surface area contributed by atoms with E-state index in [1.165, 1.54) is 0 Å². The van der Waals surface area contributed by atoms with Crippen LogP contribution in [0.5, 0.6) is 11.5 Å². The van der Waals surface area contributed by atoms with Gasteiger partial charge in [0.15, 0.2) is 11.5 Å². The van der Waals surface area contributed by atoms with Gasteiger partial charge in [0.2, 0.25) is 12.7 Å². The molecule has 2 amide bonds. The zero-order valence-corrected chi connectivity index (χ0v) is 14.6. The number of aryl methyl sites for hydroxylation is 1. The number of hydrogen-bond donors (Lipinski definition) is 1. The van der Waals surface area contributed by atoms with Gasteiger partial charge in [0.1, 0.15) is 6.04 Å². The van der Waals surface area contributed by atoms with Crippen molar-refractivity contribution in [1.82, 2.24) is 14.8 Å². The lowest BCUT2D eigenvalue weighted by molar-refractivity contribution is -0.125. The summed E-state index contributed by atoms with van der Waals surface area (Å²) >= 11 is 0. The van der Waals surface area contributed by atoms with Crippen LogP contribution in [-0.4, -0.2) is 40.7 Å². The van der Waals surface area contributed by atoms with Crippen molar-refractivity contribution in [3.05, 3.63) is 47.8 Å². The number of likely N-dealkylation sites (tertiary alicyclic amines) is 1. The number of carbonyl (C=O) groups is 2. The number of amides is 2. The number of nitrogens with zero attached hydrogens (tertiary/aromatic N) is 2. The highest BCUT2D eigenvalue weighted by Gasteiger charge is 2.35. The van der Waals surface area contributed by atoms with Crippen LogP contribution in [0.15, 0.2) is 36.5 Å². The fourth-order valence-electron chi connectivity index (χ4n) is 3.45. The Morgan fingerprint density at radius 2 is 2.08 bits per heavy atom. The number of fused-ring (bicyclic) bond motifs is 1. The second-order valence-electron chi connectivity index (χ2n) is 6.55. The van der Waals surface area contributed by atoms with Crippen molar-refractivity contribution in [2.45, 2.75) is 25.4 Å². The molecule has 0 saturated carbocycles. The summed E-state index contributed by atoms with van der Waals surface area (Å²) in [6.07, 6.45) is 3.43. The first kappa shape index (κ1) is 16.5. The number of rotatable bonds is 4. The van der Waals surface area contributed by atoms with E-state index in [0.29, 0.717) is 36.6 Å². The van der Waals surface area contributed by atoms with E-state index in [1.54, 1.807) is 23.1 Å². The molecule has 2 aliphatic heterocycles. The van der Waals surface area contributed by atoms with Crippen molar-refractivity contribution >= 4 is 11.8 Å². The Morgan fingerprint density at radius 3 is 2.88 bits per heavy atom. The van der Waals surface area contributed by atoms with E-state index in [0.717, 1.165) is 12.1 Å². The molecule has 1 aromatic heterocycles. The summed E-state index contributed by atoms with van der Waals surface area (Å²) in [5.41, 5.74) is 1.53.